The molecular formula is C14H21BrN2S. The fraction of sp³-hybridized carbons (Fsp3) is 0.571. The maximum Gasteiger partial charge on any atom is 0.0255 e. The summed E-state index contributed by atoms with van der Waals surface area (Å²) in [5.74, 6) is 3.33. The van der Waals surface area contributed by atoms with E-state index in [2.05, 4.69) is 63.9 Å². The molecule has 2 nitrogen and oxygen atoms in total. The molecule has 2 unspecified atom stereocenters. The van der Waals surface area contributed by atoms with Crippen LogP contribution in [0.15, 0.2) is 28.7 Å². The Hall–Kier alpha value is -0.0300. The normalized spacial score (nSPS) is 21.4. The van der Waals surface area contributed by atoms with Crippen LogP contribution >= 0.6 is 27.7 Å². The van der Waals surface area contributed by atoms with E-state index >= 15 is 0 Å². The van der Waals surface area contributed by atoms with Crippen molar-refractivity contribution >= 4 is 27.7 Å². The lowest BCUT2D eigenvalue weighted by Crippen LogP contribution is -2.43. The van der Waals surface area contributed by atoms with Crippen molar-refractivity contribution in [2.24, 2.45) is 11.7 Å². The average Bonchev–Trinajstić information content (AvgIpc) is 2.83. The summed E-state index contributed by atoms with van der Waals surface area (Å²) in [7, 11) is 2.20. The Morgan fingerprint density at radius 2 is 2.39 bits per heavy atom. The van der Waals surface area contributed by atoms with Crippen LogP contribution in [0.5, 0.6) is 0 Å². The second-order valence-corrected chi connectivity index (χ2v) is 7.04. The average molecular weight is 329 g/mol. The number of hydrogen-bond donors (Lipinski definition) is 1. The lowest BCUT2D eigenvalue weighted by atomic mass is 9.97. The Morgan fingerprint density at radius 3 is 3.00 bits per heavy atom. The maximum absolute atomic E-state index is 5.98. The first-order chi connectivity index (χ1) is 8.70. The zero-order valence-electron chi connectivity index (χ0n) is 10.8. The lowest BCUT2D eigenvalue weighted by molar-refractivity contribution is 0.184. The lowest BCUT2D eigenvalue weighted by Gasteiger charge is -2.31. The highest BCUT2D eigenvalue weighted by molar-refractivity contribution is 9.10. The fourth-order valence-corrected chi connectivity index (χ4v) is 4.40. The molecule has 1 fully saturated rings. The van der Waals surface area contributed by atoms with Gasteiger partial charge in [0.2, 0.25) is 0 Å². The predicted molar refractivity (Wildman–Crippen MR) is 83.9 cm³/mol. The number of benzene rings is 1. The van der Waals surface area contributed by atoms with Gasteiger partial charge in [-0.15, -0.1) is 0 Å². The number of nitrogens with zero attached hydrogens (tertiary/aromatic N) is 1. The Labute approximate surface area is 122 Å². The van der Waals surface area contributed by atoms with E-state index in [1.165, 1.54) is 23.5 Å². The highest BCUT2D eigenvalue weighted by Gasteiger charge is 2.27. The molecule has 2 rings (SSSR count). The van der Waals surface area contributed by atoms with Gasteiger partial charge in [-0.25, -0.2) is 0 Å². The molecule has 2 N–H and O–H groups in total. The minimum atomic E-state index is 0.513. The van der Waals surface area contributed by atoms with Gasteiger partial charge in [0.15, 0.2) is 0 Å². The third kappa shape index (κ3) is 3.73. The Kier molecular flexibility index (Phi) is 5.55. The van der Waals surface area contributed by atoms with Gasteiger partial charge in [0.05, 0.1) is 0 Å². The van der Waals surface area contributed by atoms with E-state index in [1.807, 2.05) is 0 Å². The Morgan fingerprint density at radius 1 is 1.56 bits per heavy atom. The molecule has 1 heterocycles. The summed E-state index contributed by atoms with van der Waals surface area (Å²) in [6, 6.07) is 9.04. The van der Waals surface area contributed by atoms with E-state index in [0.717, 1.165) is 23.5 Å². The van der Waals surface area contributed by atoms with E-state index < -0.39 is 0 Å². The number of rotatable bonds is 5. The third-order valence-corrected chi connectivity index (χ3v) is 5.32. The summed E-state index contributed by atoms with van der Waals surface area (Å²) in [6.45, 7) is 1.73. The summed E-state index contributed by atoms with van der Waals surface area (Å²) in [6.07, 6.45) is 1.31. The van der Waals surface area contributed by atoms with Gasteiger partial charge in [0.1, 0.15) is 0 Å². The van der Waals surface area contributed by atoms with Crippen LogP contribution in [-0.2, 0) is 6.54 Å². The topological polar surface area (TPSA) is 29.3 Å². The molecule has 0 aliphatic carbocycles. The van der Waals surface area contributed by atoms with Crippen LogP contribution in [0.2, 0.25) is 0 Å². The van der Waals surface area contributed by atoms with Crippen molar-refractivity contribution in [2.45, 2.75) is 19.0 Å². The van der Waals surface area contributed by atoms with E-state index in [0.29, 0.717) is 6.04 Å². The monoisotopic (exact) mass is 328 g/mol. The summed E-state index contributed by atoms with van der Waals surface area (Å²) < 4.78 is 1.15. The standard InChI is InChI=1S/C14H21BrN2S/c1-17(9-11-3-2-4-13(15)7-11)14(8-16)12-5-6-18-10-12/h2-4,7,12,14H,5-6,8-10,16H2,1H3. The van der Waals surface area contributed by atoms with Crippen LogP contribution in [0.3, 0.4) is 0 Å². The second-order valence-electron chi connectivity index (χ2n) is 4.97. The molecule has 0 amide bonds. The van der Waals surface area contributed by atoms with E-state index in [-0.39, 0.29) is 0 Å². The highest BCUT2D eigenvalue weighted by atomic mass is 79.9. The van der Waals surface area contributed by atoms with Crippen LogP contribution in [-0.4, -0.2) is 36.0 Å². The number of nitrogens with two attached hydrogens (primary N) is 1. The fourth-order valence-electron chi connectivity index (χ4n) is 2.63. The quantitative estimate of drug-likeness (QED) is 0.901. The molecule has 4 heteroatoms. The molecule has 1 aromatic carbocycles. The zero-order chi connectivity index (χ0) is 13.0. The number of halogens is 1. The van der Waals surface area contributed by atoms with Crippen molar-refractivity contribution in [2.75, 3.05) is 25.1 Å². The van der Waals surface area contributed by atoms with Crippen molar-refractivity contribution in [3.63, 3.8) is 0 Å². The Balaban J connectivity index is 1.98. The van der Waals surface area contributed by atoms with E-state index in [1.54, 1.807) is 0 Å². The molecule has 0 bridgehead atoms. The minimum Gasteiger partial charge on any atom is -0.329 e. The van der Waals surface area contributed by atoms with Crippen molar-refractivity contribution in [1.82, 2.24) is 4.90 Å². The first-order valence-electron chi connectivity index (χ1n) is 6.43. The maximum atomic E-state index is 5.98. The minimum absolute atomic E-state index is 0.513. The molecule has 100 valence electrons. The summed E-state index contributed by atoms with van der Waals surface area (Å²) in [4.78, 5) is 2.42. The summed E-state index contributed by atoms with van der Waals surface area (Å²) in [5.41, 5.74) is 7.32. The van der Waals surface area contributed by atoms with Crippen LogP contribution in [0.4, 0.5) is 0 Å². The molecule has 2 atom stereocenters. The van der Waals surface area contributed by atoms with Crippen LogP contribution < -0.4 is 5.73 Å². The first kappa shape index (κ1) is 14.4. The van der Waals surface area contributed by atoms with Crippen molar-refractivity contribution < 1.29 is 0 Å². The van der Waals surface area contributed by atoms with Gasteiger partial charge in [0.25, 0.3) is 0 Å². The van der Waals surface area contributed by atoms with Gasteiger partial charge in [-0.1, -0.05) is 28.1 Å². The SMILES string of the molecule is CN(Cc1cccc(Br)c1)C(CN)C1CCSC1. The Bertz CT molecular complexity index is 380. The smallest absolute Gasteiger partial charge is 0.0255 e. The van der Waals surface area contributed by atoms with Crippen LogP contribution in [0.1, 0.15) is 12.0 Å². The summed E-state index contributed by atoms with van der Waals surface area (Å²) in [5, 5.41) is 0. The molecule has 0 saturated carbocycles. The summed E-state index contributed by atoms with van der Waals surface area (Å²) >= 11 is 5.59. The first-order valence-corrected chi connectivity index (χ1v) is 8.38. The molecule has 1 aliphatic heterocycles. The van der Waals surface area contributed by atoms with Gasteiger partial charge in [0, 0.05) is 23.6 Å². The van der Waals surface area contributed by atoms with Gasteiger partial charge < -0.3 is 5.73 Å². The molecule has 1 aliphatic rings. The largest absolute Gasteiger partial charge is 0.329 e. The molecule has 0 aromatic heterocycles. The number of thioether (sulfide) groups is 1. The zero-order valence-corrected chi connectivity index (χ0v) is 13.2. The predicted octanol–water partition coefficient (Wildman–Crippen LogP) is 2.96. The van der Waals surface area contributed by atoms with Crippen LogP contribution in [0, 0.1) is 5.92 Å². The number of likely N-dealkylation sites (N-methyl/N-ethyl adjacent to an activating group) is 1. The molecular weight excluding hydrogens is 308 g/mol. The molecule has 18 heavy (non-hydrogen) atoms. The van der Waals surface area contributed by atoms with Gasteiger partial charge in [-0.3, -0.25) is 4.90 Å². The molecule has 0 radical (unpaired) electrons. The van der Waals surface area contributed by atoms with Crippen molar-refractivity contribution in [3.8, 4) is 0 Å². The van der Waals surface area contributed by atoms with Crippen molar-refractivity contribution in [3.05, 3.63) is 34.3 Å². The highest BCUT2D eigenvalue weighted by Crippen LogP contribution is 2.28. The van der Waals surface area contributed by atoms with Gasteiger partial charge >= 0.3 is 0 Å². The molecule has 0 spiro atoms. The second kappa shape index (κ2) is 6.94. The van der Waals surface area contributed by atoms with Crippen molar-refractivity contribution in [1.29, 1.82) is 0 Å². The van der Waals surface area contributed by atoms with E-state index in [9.17, 15) is 0 Å². The van der Waals surface area contributed by atoms with E-state index in [4.69, 9.17) is 5.73 Å². The van der Waals surface area contributed by atoms with Gasteiger partial charge in [-0.2, -0.15) is 11.8 Å². The van der Waals surface area contributed by atoms with Crippen LogP contribution in [0.25, 0.3) is 0 Å². The third-order valence-electron chi connectivity index (χ3n) is 3.64. The molecule has 1 aromatic rings. The van der Waals surface area contributed by atoms with Gasteiger partial charge in [-0.05, 0) is 48.6 Å². The molecule has 1 saturated heterocycles. The number of hydrogen-bond acceptors (Lipinski definition) is 3.